The topological polar surface area (TPSA) is 46.2 Å². The number of hydrogen-bond acceptors (Lipinski definition) is 3. The standard InChI is InChI=1S/C10H14ClNOS/c1-14-9-4-2-3-7(11)10(9)8(13)5-6-12/h2-4,8,13H,5-6,12H2,1H3. The van der Waals surface area contributed by atoms with E-state index in [1.54, 1.807) is 17.8 Å². The molecule has 1 aromatic rings. The molecule has 14 heavy (non-hydrogen) atoms. The summed E-state index contributed by atoms with van der Waals surface area (Å²) in [5.41, 5.74) is 6.20. The molecular formula is C10H14ClNOS. The highest BCUT2D eigenvalue weighted by molar-refractivity contribution is 7.98. The summed E-state index contributed by atoms with van der Waals surface area (Å²) in [6.07, 6.45) is 1.94. The predicted molar refractivity (Wildman–Crippen MR) is 61.9 cm³/mol. The molecule has 1 rings (SSSR count). The van der Waals surface area contributed by atoms with Crippen LogP contribution in [0.4, 0.5) is 0 Å². The highest BCUT2D eigenvalue weighted by Crippen LogP contribution is 2.33. The van der Waals surface area contributed by atoms with E-state index >= 15 is 0 Å². The summed E-state index contributed by atoms with van der Waals surface area (Å²) in [5, 5.41) is 10.4. The molecule has 2 nitrogen and oxygen atoms in total. The number of nitrogens with two attached hydrogens (primary N) is 1. The first-order valence-electron chi connectivity index (χ1n) is 4.41. The molecule has 0 fully saturated rings. The Morgan fingerprint density at radius 2 is 2.29 bits per heavy atom. The minimum absolute atomic E-state index is 0.459. The lowest BCUT2D eigenvalue weighted by molar-refractivity contribution is 0.167. The van der Waals surface area contributed by atoms with Crippen LogP contribution in [0.25, 0.3) is 0 Å². The van der Waals surface area contributed by atoms with Crippen LogP contribution >= 0.6 is 23.4 Å². The molecule has 0 amide bonds. The fourth-order valence-electron chi connectivity index (χ4n) is 1.32. The van der Waals surface area contributed by atoms with Crippen LogP contribution in [0.5, 0.6) is 0 Å². The van der Waals surface area contributed by atoms with Crippen molar-refractivity contribution in [2.75, 3.05) is 12.8 Å². The van der Waals surface area contributed by atoms with Gasteiger partial charge in [-0.3, -0.25) is 0 Å². The van der Waals surface area contributed by atoms with Crippen LogP contribution in [0.3, 0.4) is 0 Å². The van der Waals surface area contributed by atoms with Gasteiger partial charge in [-0.2, -0.15) is 0 Å². The zero-order chi connectivity index (χ0) is 10.6. The van der Waals surface area contributed by atoms with Gasteiger partial charge in [0.05, 0.1) is 6.10 Å². The zero-order valence-corrected chi connectivity index (χ0v) is 9.61. The van der Waals surface area contributed by atoms with Gasteiger partial charge in [0.2, 0.25) is 0 Å². The molecule has 78 valence electrons. The van der Waals surface area contributed by atoms with Gasteiger partial charge in [0, 0.05) is 15.5 Å². The highest BCUT2D eigenvalue weighted by atomic mass is 35.5. The van der Waals surface area contributed by atoms with Crippen molar-refractivity contribution in [3.05, 3.63) is 28.8 Å². The van der Waals surface area contributed by atoms with Gasteiger partial charge in [-0.25, -0.2) is 0 Å². The third-order valence-corrected chi connectivity index (χ3v) is 3.13. The molecule has 0 spiro atoms. The molecular weight excluding hydrogens is 218 g/mol. The second-order valence-corrected chi connectivity index (χ2v) is 4.20. The van der Waals surface area contributed by atoms with Gasteiger partial charge >= 0.3 is 0 Å². The van der Waals surface area contributed by atoms with E-state index in [1.807, 2.05) is 18.4 Å². The van der Waals surface area contributed by atoms with Crippen molar-refractivity contribution in [2.45, 2.75) is 17.4 Å². The Bertz CT molecular complexity index is 306. The lowest BCUT2D eigenvalue weighted by Gasteiger charge is -2.15. The third kappa shape index (κ3) is 2.64. The summed E-state index contributed by atoms with van der Waals surface area (Å²) in [7, 11) is 0. The molecule has 0 aliphatic heterocycles. The SMILES string of the molecule is CSc1cccc(Cl)c1C(O)CCN. The van der Waals surface area contributed by atoms with Gasteiger partial charge in [-0.05, 0) is 31.4 Å². The Morgan fingerprint density at radius 3 is 2.86 bits per heavy atom. The fraction of sp³-hybridized carbons (Fsp3) is 0.400. The smallest absolute Gasteiger partial charge is 0.0827 e. The molecule has 0 saturated heterocycles. The van der Waals surface area contributed by atoms with E-state index in [9.17, 15) is 5.11 Å². The van der Waals surface area contributed by atoms with Crippen molar-refractivity contribution >= 4 is 23.4 Å². The number of aliphatic hydroxyl groups excluding tert-OH is 1. The van der Waals surface area contributed by atoms with Crippen molar-refractivity contribution < 1.29 is 5.11 Å². The summed E-state index contributed by atoms with van der Waals surface area (Å²) in [6.45, 7) is 0.459. The first-order valence-corrected chi connectivity index (χ1v) is 6.01. The zero-order valence-electron chi connectivity index (χ0n) is 8.03. The summed E-state index contributed by atoms with van der Waals surface area (Å²) in [6, 6.07) is 5.62. The summed E-state index contributed by atoms with van der Waals surface area (Å²) < 4.78 is 0. The largest absolute Gasteiger partial charge is 0.388 e. The number of hydrogen-bond donors (Lipinski definition) is 2. The third-order valence-electron chi connectivity index (χ3n) is 2.01. The van der Waals surface area contributed by atoms with E-state index in [4.69, 9.17) is 17.3 Å². The number of rotatable bonds is 4. The molecule has 0 aliphatic rings. The van der Waals surface area contributed by atoms with E-state index in [1.165, 1.54) is 0 Å². The first kappa shape index (κ1) is 11.9. The fourth-order valence-corrected chi connectivity index (χ4v) is 2.36. The van der Waals surface area contributed by atoms with Gasteiger partial charge in [-0.15, -0.1) is 11.8 Å². The maximum atomic E-state index is 9.84. The van der Waals surface area contributed by atoms with Crippen LogP contribution in [0.1, 0.15) is 18.1 Å². The molecule has 0 aliphatic carbocycles. The number of benzene rings is 1. The first-order chi connectivity index (χ1) is 6.70. The van der Waals surface area contributed by atoms with Gasteiger partial charge in [0.15, 0.2) is 0 Å². The normalized spacial score (nSPS) is 12.9. The molecule has 0 radical (unpaired) electrons. The molecule has 0 heterocycles. The van der Waals surface area contributed by atoms with Gasteiger partial charge < -0.3 is 10.8 Å². The maximum Gasteiger partial charge on any atom is 0.0827 e. The molecule has 0 saturated carbocycles. The Kier molecular flexibility index (Phi) is 4.75. The molecule has 0 aromatic heterocycles. The molecule has 1 aromatic carbocycles. The van der Waals surface area contributed by atoms with Crippen LogP contribution in [-0.4, -0.2) is 17.9 Å². The maximum absolute atomic E-state index is 9.84. The van der Waals surface area contributed by atoms with Crippen LogP contribution < -0.4 is 5.73 Å². The highest BCUT2D eigenvalue weighted by Gasteiger charge is 2.14. The Morgan fingerprint density at radius 1 is 1.57 bits per heavy atom. The van der Waals surface area contributed by atoms with Crippen molar-refractivity contribution in [1.29, 1.82) is 0 Å². The van der Waals surface area contributed by atoms with E-state index in [-0.39, 0.29) is 0 Å². The van der Waals surface area contributed by atoms with Crippen LogP contribution in [-0.2, 0) is 0 Å². The Labute approximate surface area is 93.5 Å². The average Bonchev–Trinajstić information content (AvgIpc) is 2.17. The van der Waals surface area contributed by atoms with E-state index in [0.717, 1.165) is 10.5 Å². The van der Waals surface area contributed by atoms with Crippen LogP contribution in [0.2, 0.25) is 5.02 Å². The van der Waals surface area contributed by atoms with Crippen molar-refractivity contribution in [2.24, 2.45) is 5.73 Å². The van der Waals surface area contributed by atoms with Gasteiger partial charge in [0.1, 0.15) is 0 Å². The summed E-state index contributed by atoms with van der Waals surface area (Å²) >= 11 is 7.60. The number of aliphatic hydroxyl groups is 1. The average molecular weight is 232 g/mol. The van der Waals surface area contributed by atoms with Crippen LogP contribution in [0.15, 0.2) is 23.1 Å². The van der Waals surface area contributed by atoms with Gasteiger partial charge in [-0.1, -0.05) is 17.7 Å². The van der Waals surface area contributed by atoms with E-state index in [2.05, 4.69) is 0 Å². The molecule has 0 bridgehead atoms. The monoisotopic (exact) mass is 231 g/mol. The minimum atomic E-state index is -0.559. The van der Waals surface area contributed by atoms with Crippen molar-refractivity contribution in [1.82, 2.24) is 0 Å². The lowest BCUT2D eigenvalue weighted by Crippen LogP contribution is -2.08. The number of halogens is 1. The quantitative estimate of drug-likeness (QED) is 0.783. The van der Waals surface area contributed by atoms with Crippen LogP contribution in [0, 0.1) is 0 Å². The van der Waals surface area contributed by atoms with Crippen molar-refractivity contribution in [3.8, 4) is 0 Å². The second-order valence-electron chi connectivity index (χ2n) is 2.95. The van der Waals surface area contributed by atoms with Crippen molar-refractivity contribution in [3.63, 3.8) is 0 Å². The second kappa shape index (κ2) is 5.61. The summed E-state index contributed by atoms with van der Waals surface area (Å²) in [5.74, 6) is 0. The lowest BCUT2D eigenvalue weighted by atomic mass is 10.1. The summed E-state index contributed by atoms with van der Waals surface area (Å²) in [4.78, 5) is 1.01. The minimum Gasteiger partial charge on any atom is -0.388 e. The molecule has 4 heteroatoms. The van der Waals surface area contributed by atoms with E-state index < -0.39 is 6.10 Å². The molecule has 1 unspecified atom stereocenters. The Hall–Kier alpha value is -0.220. The van der Waals surface area contributed by atoms with Gasteiger partial charge in [0.25, 0.3) is 0 Å². The van der Waals surface area contributed by atoms with E-state index in [0.29, 0.717) is 18.0 Å². The number of thioether (sulfide) groups is 1. The molecule has 3 N–H and O–H groups in total. The Balaban J connectivity index is 3.03. The predicted octanol–water partition coefficient (Wildman–Crippen LogP) is 2.44. The molecule has 1 atom stereocenters.